The molecule has 8 heteroatoms. The Hall–Kier alpha value is -1.95. The van der Waals surface area contributed by atoms with Crippen molar-refractivity contribution in [1.29, 1.82) is 0 Å². The first kappa shape index (κ1) is 21.8. The largest absolute Gasteiger partial charge is 0.493 e. The quantitative estimate of drug-likeness (QED) is 0.678. The number of carbonyl (C=O) groups excluding carboxylic acids is 2. The van der Waals surface area contributed by atoms with Gasteiger partial charge in [-0.2, -0.15) is 0 Å². The number of nitrogens with zero attached hydrogens (tertiary/aromatic N) is 1. The van der Waals surface area contributed by atoms with Crippen molar-refractivity contribution in [2.45, 2.75) is 19.3 Å². The minimum absolute atomic E-state index is 0.131. The van der Waals surface area contributed by atoms with E-state index in [-0.39, 0.29) is 18.9 Å². The number of carbonyl (C=O) groups is 2. The first-order valence-corrected chi connectivity index (χ1v) is 10.3. The van der Waals surface area contributed by atoms with Gasteiger partial charge in [0, 0.05) is 35.5 Å². The number of halogens is 3. The molecule has 1 fully saturated rings. The second-order valence-electron chi connectivity index (χ2n) is 7.34. The third-order valence-corrected chi connectivity index (χ3v) is 6.01. The van der Waals surface area contributed by atoms with Gasteiger partial charge in [-0.05, 0) is 55.3 Å². The first-order chi connectivity index (χ1) is 13.8. The molecule has 154 valence electrons. The van der Waals surface area contributed by atoms with Crippen molar-refractivity contribution >= 4 is 46.6 Å². The Balaban J connectivity index is 1.77. The molecule has 1 saturated heterocycles. The highest BCUT2D eigenvalue weighted by Crippen LogP contribution is 2.35. The second kappa shape index (κ2) is 9.24. The monoisotopic (exact) mass is 454 g/mol. The molecule has 5 nitrogen and oxygen atoms in total. The molecule has 2 aromatic rings. The molecule has 1 atom stereocenters. The van der Waals surface area contributed by atoms with Gasteiger partial charge in [-0.3, -0.25) is 9.59 Å². The van der Waals surface area contributed by atoms with Crippen LogP contribution >= 0.6 is 34.8 Å². The number of piperidine rings is 1. The fraction of sp³-hybridized carbons (Fsp3) is 0.333. The summed E-state index contributed by atoms with van der Waals surface area (Å²) < 4.78 is 5.93. The number of likely N-dealkylation sites (tertiary alicyclic amines) is 1. The van der Waals surface area contributed by atoms with Gasteiger partial charge in [0.15, 0.2) is 0 Å². The summed E-state index contributed by atoms with van der Waals surface area (Å²) in [6, 6.07) is 11.8. The standard InChI is InChI=1S/C21H21Cl3N2O3/c22-15-3-5-16(6-4-15)29-13-21(11-19(25)27)8-1-9-26(12-21)20(28)14-2-7-17(23)18(24)10-14/h2-7,10H,1,8-9,11-13H2,(H2,25,27)/t21-/m1/s1. The summed E-state index contributed by atoms with van der Waals surface area (Å²) in [4.78, 5) is 26.5. The van der Waals surface area contributed by atoms with Crippen molar-refractivity contribution in [2.75, 3.05) is 19.7 Å². The molecule has 0 unspecified atom stereocenters. The summed E-state index contributed by atoms with van der Waals surface area (Å²) in [7, 11) is 0. The SMILES string of the molecule is NC(=O)C[C@]1(COc2ccc(Cl)cc2)CCCN(C(=O)c2ccc(Cl)c(Cl)c2)C1. The zero-order valence-electron chi connectivity index (χ0n) is 15.7. The van der Waals surface area contributed by atoms with Gasteiger partial charge in [0.1, 0.15) is 5.75 Å². The van der Waals surface area contributed by atoms with Gasteiger partial charge < -0.3 is 15.4 Å². The van der Waals surface area contributed by atoms with E-state index in [9.17, 15) is 9.59 Å². The van der Waals surface area contributed by atoms with E-state index in [0.717, 1.165) is 12.8 Å². The smallest absolute Gasteiger partial charge is 0.253 e. The topological polar surface area (TPSA) is 72.6 Å². The molecule has 0 radical (unpaired) electrons. The van der Waals surface area contributed by atoms with Gasteiger partial charge >= 0.3 is 0 Å². The van der Waals surface area contributed by atoms with Crippen LogP contribution in [0, 0.1) is 5.41 Å². The van der Waals surface area contributed by atoms with E-state index in [0.29, 0.717) is 39.5 Å². The predicted octanol–water partition coefficient (Wildman–Crippen LogP) is 4.82. The molecule has 0 saturated carbocycles. The number of hydrogen-bond donors (Lipinski definition) is 1. The number of primary amides is 1. The number of ether oxygens (including phenoxy) is 1. The van der Waals surface area contributed by atoms with E-state index < -0.39 is 11.3 Å². The summed E-state index contributed by atoms with van der Waals surface area (Å²) in [5.74, 6) is 0.0586. The summed E-state index contributed by atoms with van der Waals surface area (Å²) in [5.41, 5.74) is 5.41. The number of amides is 2. The van der Waals surface area contributed by atoms with Gasteiger partial charge in [0.05, 0.1) is 16.7 Å². The Kier molecular flexibility index (Phi) is 6.93. The van der Waals surface area contributed by atoms with Crippen LogP contribution in [0.25, 0.3) is 0 Å². The first-order valence-electron chi connectivity index (χ1n) is 9.19. The number of nitrogens with two attached hydrogens (primary N) is 1. The van der Waals surface area contributed by atoms with E-state index in [2.05, 4.69) is 0 Å². The van der Waals surface area contributed by atoms with Crippen molar-refractivity contribution in [3.05, 3.63) is 63.1 Å². The maximum absolute atomic E-state index is 13.0. The summed E-state index contributed by atoms with van der Waals surface area (Å²) in [6.45, 7) is 1.21. The zero-order valence-corrected chi connectivity index (χ0v) is 17.9. The fourth-order valence-corrected chi connectivity index (χ4v) is 4.07. The molecule has 1 aliphatic rings. The highest BCUT2D eigenvalue weighted by molar-refractivity contribution is 6.42. The van der Waals surface area contributed by atoms with Crippen LogP contribution < -0.4 is 10.5 Å². The highest BCUT2D eigenvalue weighted by Gasteiger charge is 2.39. The van der Waals surface area contributed by atoms with E-state index in [1.165, 1.54) is 0 Å². The number of hydrogen-bond acceptors (Lipinski definition) is 3. The van der Waals surface area contributed by atoms with Crippen molar-refractivity contribution < 1.29 is 14.3 Å². The van der Waals surface area contributed by atoms with Gasteiger partial charge in [-0.25, -0.2) is 0 Å². The summed E-state index contributed by atoms with van der Waals surface area (Å²) >= 11 is 17.9. The minimum atomic E-state index is -0.560. The maximum atomic E-state index is 13.0. The lowest BCUT2D eigenvalue weighted by Gasteiger charge is -2.42. The molecule has 3 rings (SSSR count). The van der Waals surface area contributed by atoms with Gasteiger partial charge in [0.25, 0.3) is 5.91 Å². The Bertz CT molecular complexity index is 905. The van der Waals surface area contributed by atoms with Gasteiger partial charge in [-0.15, -0.1) is 0 Å². The third kappa shape index (κ3) is 5.56. The Morgan fingerprint density at radius 2 is 1.79 bits per heavy atom. The van der Waals surface area contributed by atoms with E-state index >= 15 is 0 Å². The Morgan fingerprint density at radius 3 is 2.45 bits per heavy atom. The molecule has 29 heavy (non-hydrogen) atoms. The van der Waals surface area contributed by atoms with Crippen LogP contribution in [0.15, 0.2) is 42.5 Å². The van der Waals surface area contributed by atoms with Crippen LogP contribution in [-0.4, -0.2) is 36.4 Å². The molecule has 0 spiro atoms. The predicted molar refractivity (Wildman–Crippen MR) is 115 cm³/mol. The van der Waals surface area contributed by atoms with Crippen LogP contribution in [0.1, 0.15) is 29.6 Å². The zero-order chi connectivity index (χ0) is 21.0. The van der Waals surface area contributed by atoms with Crippen LogP contribution in [0.2, 0.25) is 15.1 Å². The molecular formula is C21H21Cl3N2O3. The molecule has 2 N–H and O–H groups in total. The van der Waals surface area contributed by atoms with Crippen LogP contribution in [0.3, 0.4) is 0 Å². The Labute approximate surface area is 184 Å². The summed E-state index contributed by atoms with van der Waals surface area (Å²) in [6.07, 6.45) is 1.60. The molecule has 1 aliphatic heterocycles. The lowest BCUT2D eigenvalue weighted by atomic mass is 9.77. The van der Waals surface area contributed by atoms with E-state index in [4.69, 9.17) is 45.3 Å². The normalized spacial score (nSPS) is 19.1. The fourth-order valence-electron chi connectivity index (χ4n) is 3.64. The van der Waals surface area contributed by atoms with Crippen molar-refractivity contribution in [3.63, 3.8) is 0 Å². The molecule has 0 aliphatic carbocycles. The van der Waals surface area contributed by atoms with Crippen LogP contribution in [0.5, 0.6) is 5.75 Å². The average Bonchev–Trinajstić information content (AvgIpc) is 2.69. The minimum Gasteiger partial charge on any atom is -0.493 e. The molecular weight excluding hydrogens is 435 g/mol. The summed E-state index contributed by atoms with van der Waals surface area (Å²) in [5, 5.41) is 1.32. The highest BCUT2D eigenvalue weighted by atomic mass is 35.5. The molecule has 2 amide bonds. The molecule has 1 heterocycles. The van der Waals surface area contributed by atoms with Crippen molar-refractivity contribution in [1.82, 2.24) is 4.90 Å². The lowest BCUT2D eigenvalue weighted by Crippen LogP contribution is -2.50. The number of benzene rings is 2. The van der Waals surface area contributed by atoms with Gasteiger partial charge in [0.2, 0.25) is 5.91 Å². The molecule has 0 bridgehead atoms. The average molecular weight is 456 g/mol. The second-order valence-corrected chi connectivity index (χ2v) is 8.60. The molecule has 0 aromatic heterocycles. The van der Waals surface area contributed by atoms with E-state index in [1.54, 1.807) is 47.4 Å². The Morgan fingerprint density at radius 1 is 1.07 bits per heavy atom. The van der Waals surface area contributed by atoms with Crippen molar-refractivity contribution in [2.24, 2.45) is 11.1 Å². The van der Waals surface area contributed by atoms with E-state index in [1.807, 2.05) is 0 Å². The van der Waals surface area contributed by atoms with Gasteiger partial charge in [-0.1, -0.05) is 34.8 Å². The van der Waals surface area contributed by atoms with Crippen LogP contribution in [0.4, 0.5) is 0 Å². The molecule has 2 aromatic carbocycles. The third-order valence-electron chi connectivity index (χ3n) is 5.02. The number of rotatable bonds is 6. The maximum Gasteiger partial charge on any atom is 0.253 e. The van der Waals surface area contributed by atoms with Crippen LogP contribution in [-0.2, 0) is 4.79 Å². The van der Waals surface area contributed by atoms with Crippen molar-refractivity contribution in [3.8, 4) is 5.75 Å². The lowest BCUT2D eigenvalue weighted by molar-refractivity contribution is -0.122.